The van der Waals surface area contributed by atoms with Crippen molar-refractivity contribution in [2.45, 2.75) is 33.0 Å². The lowest BCUT2D eigenvalue weighted by Gasteiger charge is -2.30. The van der Waals surface area contributed by atoms with Gasteiger partial charge in [-0.2, -0.15) is 0 Å². The van der Waals surface area contributed by atoms with Gasteiger partial charge in [-0.15, -0.1) is 0 Å². The second-order valence-electron chi connectivity index (χ2n) is 8.21. The molecule has 3 aromatic rings. The second-order valence-corrected chi connectivity index (χ2v) is 8.21. The number of hydrogen-bond donors (Lipinski definition) is 4. The summed E-state index contributed by atoms with van der Waals surface area (Å²) >= 11 is 0. The molecule has 0 spiro atoms. The first kappa shape index (κ1) is 24.3. The number of rotatable bonds is 8. The first-order chi connectivity index (χ1) is 16.2. The number of H-pyrrole nitrogens is 1. The summed E-state index contributed by atoms with van der Waals surface area (Å²) in [7, 11) is 0. The zero-order valence-corrected chi connectivity index (χ0v) is 19.0. The first-order valence-corrected chi connectivity index (χ1v) is 10.8. The van der Waals surface area contributed by atoms with E-state index < -0.39 is 29.2 Å². The van der Waals surface area contributed by atoms with Crippen LogP contribution in [0.4, 0.5) is 16.3 Å². The number of aromatic nitrogens is 2. The van der Waals surface area contributed by atoms with Gasteiger partial charge in [0, 0.05) is 0 Å². The van der Waals surface area contributed by atoms with Gasteiger partial charge in [0.15, 0.2) is 5.69 Å². The minimum atomic E-state index is -1.02. The highest BCUT2D eigenvalue weighted by molar-refractivity contribution is 6.00. The number of carbonyl (C=O) groups is 2. The SMILES string of the molecule is CC(C)[C@@H](NC(N)=O)C(=O)N(Cc1ccccc1)c1c(N)n(Cc2ccccc2)c(=O)[nH]c1=O. The third kappa shape index (κ3) is 5.52. The zero-order valence-electron chi connectivity index (χ0n) is 19.0. The van der Waals surface area contributed by atoms with Crippen LogP contribution in [0.1, 0.15) is 25.0 Å². The maximum Gasteiger partial charge on any atom is 0.330 e. The number of primary amides is 1. The fourth-order valence-corrected chi connectivity index (χ4v) is 3.63. The lowest BCUT2D eigenvalue weighted by Crippen LogP contribution is -2.54. The standard InChI is InChI=1S/C24H28N6O4/c1-15(2)18(27-23(26)33)22(32)29(13-16-9-5-3-6-10-16)19-20(25)30(24(34)28-21(19)31)14-17-11-7-4-8-12-17/h3-12,15,18H,13-14,25H2,1-2H3,(H3,26,27,33)(H,28,31,34)/t18-/m1/s1. The van der Waals surface area contributed by atoms with Gasteiger partial charge in [-0.25, -0.2) is 9.59 Å². The summed E-state index contributed by atoms with van der Waals surface area (Å²) in [6.07, 6.45) is 0. The highest BCUT2D eigenvalue weighted by Gasteiger charge is 2.32. The average Bonchev–Trinajstić information content (AvgIpc) is 2.80. The van der Waals surface area contributed by atoms with Gasteiger partial charge in [0.1, 0.15) is 11.9 Å². The molecule has 0 aliphatic rings. The number of carbonyl (C=O) groups excluding carboxylic acids is 2. The van der Waals surface area contributed by atoms with Crippen molar-refractivity contribution >= 4 is 23.4 Å². The minimum Gasteiger partial charge on any atom is -0.383 e. The summed E-state index contributed by atoms with van der Waals surface area (Å²) in [6.45, 7) is 3.56. The van der Waals surface area contributed by atoms with Gasteiger partial charge in [0.05, 0.1) is 13.1 Å². The van der Waals surface area contributed by atoms with Crippen LogP contribution in [0.2, 0.25) is 0 Å². The Labute approximate surface area is 196 Å². The molecule has 0 saturated heterocycles. The van der Waals surface area contributed by atoms with Gasteiger partial charge in [-0.3, -0.25) is 24.0 Å². The topological polar surface area (TPSA) is 156 Å². The number of hydrogen-bond acceptors (Lipinski definition) is 5. The van der Waals surface area contributed by atoms with Crippen molar-refractivity contribution in [3.8, 4) is 0 Å². The Hall–Kier alpha value is -4.34. The quantitative estimate of drug-likeness (QED) is 0.396. The number of amides is 3. The molecule has 0 saturated carbocycles. The highest BCUT2D eigenvalue weighted by atomic mass is 16.2. The van der Waals surface area contributed by atoms with Crippen molar-refractivity contribution in [2.24, 2.45) is 11.7 Å². The molecule has 0 unspecified atom stereocenters. The van der Waals surface area contributed by atoms with Crippen LogP contribution in [0.3, 0.4) is 0 Å². The van der Waals surface area contributed by atoms with E-state index in [0.29, 0.717) is 0 Å². The Morgan fingerprint density at radius 3 is 2.09 bits per heavy atom. The average molecular weight is 465 g/mol. The van der Waals surface area contributed by atoms with E-state index in [0.717, 1.165) is 11.1 Å². The summed E-state index contributed by atoms with van der Waals surface area (Å²) < 4.78 is 1.20. The Balaban J connectivity index is 2.15. The number of urea groups is 1. The Bertz CT molecular complexity index is 1270. The maximum atomic E-state index is 13.6. The van der Waals surface area contributed by atoms with Crippen LogP contribution in [0.5, 0.6) is 0 Å². The van der Waals surface area contributed by atoms with Crippen LogP contribution in [-0.4, -0.2) is 27.5 Å². The number of nitrogens with one attached hydrogen (secondary N) is 2. The Morgan fingerprint density at radius 1 is 1.00 bits per heavy atom. The molecular formula is C24H28N6O4. The monoisotopic (exact) mass is 464 g/mol. The van der Waals surface area contributed by atoms with Crippen molar-refractivity contribution < 1.29 is 9.59 Å². The van der Waals surface area contributed by atoms with Crippen LogP contribution in [0.25, 0.3) is 0 Å². The number of aromatic amines is 1. The number of nitrogens with two attached hydrogens (primary N) is 2. The van der Waals surface area contributed by atoms with E-state index in [-0.39, 0.29) is 30.5 Å². The van der Waals surface area contributed by atoms with Gasteiger partial charge in [0.2, 0.25) is 5.91 Å². The first-order valence-electron chi connectivity index (χ1n) is 10.8. The van der Waals surface area contributed by atoms with Gasteiger partial charge in [-0.05, 0) is 17.0 Å². The largest absolute Gasteiger partial charge is 0.383 e. The predicted molar refractivity (Wildman–Crippen MR) is 130 cm³/mol. The van der Waals surface area contributed by atoms with Crippen LogP contribution in [-0.2, 0) is 17.9 Å². The number of nitrogen functional groups attached to an aromatic ring is 1. The lowest BCUT2D eigenvalue weighted by atomic mass is 10.0. The molecule has 3 amide bonds. The third-order valence-electron chi connectivity index (χ3n) is 5.35. The smallest absolute Gasteiger partial charge is 0.330 e. The van der Waals surface area contributed by atoms with Gasteiger partial charge in [0.25, 0.3) is 5.56 Å². The van der Waals surface area contributed by atoms with Crippen molar-refractivity contribution in [1.29, 1.82) is 0 Å². The van der Waals surface area contributed by atoms with Crippen molar-refractivity contribution in [3.05, 3.63) is 92.6 Å². The normalized spacial score (nSPS) is 11.7. The number of anilines is 2. The fourth-order valence-electron chi connectivity index (χ4n) is 3.63. The van der Waals surface area contributed by atoms with E-state index in [1.165, 1.54) is 9.47 Å². The summed E-state index contributed by atoms with van der Waals surface area (Å²) in [5, 5.41) is 2.45. The minimum absolute atomic E-state index is 0.0137. The molecule has 34 heavy (non-hydrogen) atoms. The van der Waals surface area contributed by atoms with Crippen LogP contribution in [0, 0.1) is 5.92 Å². The molecule has 0 bridgehead atoms. The summed E-state index contributed by atoms with van der Waals surface area (Å²) in [5.74, 6) is -1.09. The molecule has 6 N–H and O–H groups in total. The van der Waals surface area contributed by atoms with E-state index in [1.807, 2.05) is 36.4 Å². The van der Waals surface area contributed by atoms with E-state index in [1.54, 1.807) is 38.1 Å². The molecule has 0 radical (unpaired) electrons. The van der Waals surface area contributed by atoms with Crippen molar-refractivity contribution in [2.75, 3.05) is 10.6 Å². The molecule has 2 aromatic carbocycles. The fraction of sp³-hybridized carbons (Fsp3) is 0.250. The molecule has 0 aliphatic carbocycles. The third-order valence-corrected chi connectivity index (χ3v) is 5.35. The Morgan fingerprint density at radius 2 is 1.56 bits per heavy atom. The summed E-state index contributed by atoms with van der Waals surface area (Å²) in [6, 6.07) is 16.2. The maximum absolute atomic E-state index is 13.6. The lowest BCUT2D eigenvalue weighted by molar-refractivity contribution is -0.121. The highest BCUT2D eigenvalue weighted by Crippen LogP contribution is 2.22. The van der Waals surface area contributed by atoms with Crippen molar-refractivity contribution in [3.63, 3.8) is 0 Å². The van der Waals surface area contributed by atoms with Gasteiger partial charge >= 0.3 is 11.7 Å². The van der Waals surface area contributed by atoms with E-state index >= 15 is 0 Å². The zero-order chi connectivity index (χ0) is 24.8. The van der Waals surface area contributed by atoms with Crippen LogP contribution in [0.15, 0.2) is 70.3 Å². The molecule has 0 fully saturated rings. The van der Waals surface area contributed by atoms with E-state index in [2.05, 4.69) is 10.3 Å². The molecular weight excluding hydrogens is 436 g/mol. The van der Waals surface area contributed by atoms with E-state index in [4.69, 9.17) is 11.5 Å². The van der Waals surface area contributed by atoms with Crippen molar-refractivity contribution in [1.82, 2.24) is 14.9 Å². The van der Waals surface area contributed by atoms with Gasteiger partial charge in [-0.1, -0.05) is 74.5 Å². The Kier molecular flexibility index (Phi) is 7.52. The molecule has 10 heteroatoms. The summed E-state index contributed by atoms with van der Waals surface area (Å²) in [5.41, 5.74) is 11.5. The molecule has 0 aliphatic heterocycles. The number of benzene rings is 2. The second kappa shape index (κ2) is 10.5. The van der Waals surface area contributed by atoms with Crippen LogP contribution >= 0.6 is 0 Å². The van der Waals surface area contributed by atoms with E-state index in [9.17, 15) is 19.2 Å². The molecule has 3 rings (SSSR count). The molecule has 1 heterocycles. The molecule has 1 aromatic heterocycles. The molecule has 10 nitrogen and oxygen atoms in total. The predicted octanol–water partition coefficient (Wildman–Crippen LogP) is 1.39. The van der Waals surface area contributed by atoms with Gasteiger partial charge < -0.3 is 16.8 Å². The molecule has 1 atom stereocenters. The number of nitrogens with zero attached hydrogens (tertiary/aromatic N) is 2. The summed E-state index contributed by atoms with van der Waals surface area (Å²) in [4.78, 5) is 54.2. The van der Waals surface area contributed by atoms with Crippen LogP contribution < -0.4 is 32.9 Å². The molecule has 178 valence electrons.